The second-order valence-electron chi connectivity index (χ2n) is 3.30. The largest absolute Gasteiger partial charge is 0.468 e. The van der Waals surface area contributed by atoms with Gasteiger partial charge < -0.3 is 25.5 Å². The summed E-state index contributed by atoms with van der Waals surface area (Å²) in [5, 5.41) is 17.6. The number of nitrogens with two attached hydrogens (primary N) is 1. The summed E-state index contributed by atoms with van der Waals surface area (Å²) in [7, 11) is 1.16. The van der Waals surface area contributed by atoms with Crippen LogP contribution in [0.2, 0.25) is 0 Å². The Morgan fingerprint density at radius 2 is 1.93 bits per heavy atom. The molecule has 4 N–H and O–H groups in total. The fraction of sp³-hybridized carbons (Fsp3) is 0.778. The Kier molecular flexibility index (Phi) is 6.07. The summed E-state index contributed by atoms with van der Waals surface area (Å²) in [4.78, 5) is 22.2. The molecule has 0 aliphatic rings. The van der Waals surface area contributed by atoms with Gasteiger partial charge in [-0.25, -0.2) is 0 Å². The molecule has 1 unspecified atom stereocenters. The first-order valence-electron chi connectivity index (χ1n) is 4.59. The normalized spacial score (nSPS) is 13.3. The highest BCUT2D eigenvalue weighted by molar-refractivity contribution is 5.82. The van der Waals surface area contributed by atoms with Gasteiger partial charge in [0.25, 0.3) is 0 Å². The summed E-state index contributed by atoms with van der Waals surface area (Å²) in [6.45, 7) is -0.577. The van der Waals surface area contributed by atoms with Crippen LogP contribution in [0.3, 0.4) is 0 Å². The number of carbonyl (C=O) groups excluding carboxylic acids is 2. The predicted octanol–water partition coefficient (Wildman–Crippen LogP) is -1.56. The molecule has 0 bridgehead atoms. The van der Waals surface area contributed by atoms with Crippen LogP contribution in [0.5, 0.6) is 0 Å². The number of rotatable bonds is 7. The molecule has 0 spiro atoms. The molecule has 0 fully saturated rings. The Labute approximate surface area is 88.0 Å². The van der Waals surface area contributed by atoms with Crippen molar-refractivity contribution in [3.63, 3.8) is 0 Å². The second-order valence-corrected chi connectivity index (χ2v) is 3.30. The first-order valence-corrected chi connectivity index (χ1v) is 4.59. The molecule has 88 valence electrons. The van der Waals surface area contributed by atoms with Crippen LogP contribution >= 0.6 is 0 Å². The fourth-order valence-electron chi connectivity index (χ4n) is 1.41. The van der Waals surface area contributed by atoms with Crippen LogP contribution in [-0.2, 0) is 14.3 Å². The van der Waals surface area contributed by atoms with Crippen molar-refractivity contribution in [1.29, 1.82) is 0 Å². The zero-order chi connectivity index (χ0) is 11.9. The first-order chi connectivity index (χ1) is 7.07. The van der Waals surface area contributed by atoms with Gasteiger partial charge in [0.05, 0.1) is 12.5 Å². The molecule has 6 nitrogen and oxygen atoms in total. The maximum absolute atomic E-state index is 11.2. The molecule has 15 heavy (non-hydrogen) atoms. The minimum atomic E-state index is -1.25. The van der Waals surface area contributed by atoms with Crippen LogP contribution in [0.15, 0.2) is 0 Å². The van der Waals surface area contributed by atoms with E-state index in [9.17, 15) is 9.59 Å². The summed E-state index contributed by atoms with van der Waals surface area (Å²) in [5.41, 5.74) is 4.31. The topological polar surface area (TPSA) is 110 Å². The van der Waals surface area contributed by atoms with E-state index < -0.39 is 17.4 Å². The second kappa shape index (κ2) is 6.49. The maximum Gasteiger partial charge on any atom is 0.323 e. The van der Waals surface area contributed by atoms with Gasteiger partial charge in [-0.15, -0.1) is 0 Å². The molecule has 6 heteroatoms. The Morgan fingerprint density at radius 3 is 2.20 bits per heavy atom. The molecule has 0 amide bonds. The molecule has 1 atom stereocenters. The van der Waals surface area contributed by atoms with Crippen molar-refractivity contribution in [2.75, 3.05) is 20.3 Å². The third-order valence-corrected chi connectivity index (χ3v) is 2.46. The highest BCUT2D eigenvalue weighted by atomic mass is 16.5. The SMILES string of the molecule is COC(=O)C(N)C(C=O)(CCO)CCO. The van der Waals surface area contributed by atoms with E-state index in [0.717, 1.165) is 7.11 Å². The number of hydrogen-bond acceptors (Lipinski definition) is 6. The van der Waals surface area contributed by atoms with Crippen LogP contribution in [0.1, 0.15) is 12.8 Å². The van der Waals surface area contributed by atoms with Crippen molar-refractivity contribution >= 4 is 12.3 Å². The van der Waals surface area contributed by atoms with Gasteiger partial charge in [0, 0.05) is 13.2 Å². The molecule has 0 radical (unpaired) electrons. The van der Waals surface area contributed by atoms with Crippen molar-refractivity contribution in [3.05, 3.63) is 0 Å². The molecule has 0 aromatic heterocycles. The van der Waals surface area contributed by atoms with Crippen molar-refractivity contribution in [2.45, 2.75) is 18.9 Å². The third kappa shape index (κ3) is 3.26. The van der Waals surface area contributed by atoms with Gasteiger partial charge in [-0.05, 0) is 12.8 Å². The van der Waals surface area contributed by atoms with Gasteiger partial charge >= 0.3 is 5.97 Å². The van der Waals surface area contributed by atoms with Crippen LogP contribution in [-0.4, -0.2) is 48.8 Å². The summed E-state index contributed by atoms with van der Waals surface area (Å²) in [6, 6.07) is -1.17. The molecule has 0 aromatic rings. The lowest BCUT2D eigenvalue weighted by Gasteiger charge is -2.30. The quantitative estimate of drug-likeness (QED) is 0.353. The maximum atomic E-state index is 11.2. The summed E-state index contributed by atoms with van der Waals surface area (Å²) in [6.07, 6.45) is 0.543. The Hall–Kier alpha value is -0.980. The zero-order valence-electron chi connectivity index (χ0n) is 8.68. The molecule has 0 saturated carbocycles. The number of ether oxygens (including phenoxy) is 1. The van der Waals surface area contributed by atoms with Crippen LogP contribution < -0.4 is 5.73 Å². The van der Waals surface area contributed by atoms with Gasteiger partial charge in [0.15, 0.2) is 0 Å². The molecule has 0 saturated heterocycles. The number of esters is 1. The number of methoxy groups -OCH3 is 1. The van der Waals surface area contributed by atoms with Crippen molar-refractivity contribution in [3.8, 4) is 0 Å². The molecule has 0 aromatic carbocycles. The lowest BCUT2D eigenvalue weighted by molar-refractivity contribution is -0.148. The van der Waals surface area contributed by atoms with E-state index in [1.807, 2.05) is 0 Å². The van der Waals surface area contributed by atoms with E-state index in [0.29, 0.717) is 6.29 Å². The summed E-state index contributed by atoms with van der Waals surface area (Å²) < 4.78 is 4.43. The van der Waals surface area contributed by atoms with Gasteiger partial charge in [-0.2, -0.15) is 0 Å². The molecule has 0 heterocycles. The molecular formula is C9H17NO5. The predicted molar refractivity (Wildman–Crippen MR) is 51.9 cm³/mol. The standard InChI is InChI=1S/C9H17NO5/c1-15-8(14)7(10)9(6-13,2-4-11)3-5-12/h6-7,11-12H,2-5,10H2,1H3. The highest BCUT2D eigenvalue weighted by Crippen LogP contribution is 2.27. The average molecular weight is 219 g/mol. The van der Waals surface area contributed by atoms with E-state index in [2.05, 4.69) is 4.74 Å². The minimum absolute atomic E-state index is 0.0212. The molecular weight excluding hydrogens is 202 g/mol. The van der Waals surface area contributed by atoms with E-state index in [-0.39, 0.29) is 26.1 Å². The van der Waals surface area contributed by atoms with Gasteiger partial charge in [-0.1, -0.05) is 0 Å². The van der Waals surface area contributed by atoms with Crippen LogP contribution in [0.25, 0.3) is 0 Å². The summed E-state index contributed by atoms with van der Waals surface area (Å²) in [5.74, 6) is -0.732. The minimum Gasteiger partial charge on any atom is -0.468 e. The molecule has 0 rings (SSSR count). The van der Waals surface area contributed by atoms with Crippen molar-refractivity contribution in [1.82, 2.24) is 0 Å². The van der Waals surface area contributed by atoms with Crippen molar-refractivity contribution in [2.24, 2.45) is 11.1 Å². The summed E-state index contributed by atoms with van der Waals surface area (Å²) >= 11 is 0. The monoisotopic (exact) mass is 219 g/mol. The highest BCUT2D eigenvalue weighted by Gasteiger charge is 2.40. The Bertz CT molecular complexity index is 213. The lowest BCUT2D eigenvalue weighted by Crippen LogP contribution is -2.50. The lowest BCUT2D eigenvalue weighted by atomic mass is 9.76. The van der Waals surface area contributed by atoms with Crippen molar-refractivity contribution < 1.29 is 24.5 Å². The third-order valence-electron chi connectivity index (χ3n) is 2.46. The average Bonchev–Trinajstić information content (AvgIpc) is 2.26. The van der Waals surface area contributed by atoms with E-state index >= 15 is 0 Å². The van der Waals surface area contributed by atoms with Crippen LogP contribution in [0.4, 0.5) is 0 Å². The molecule has 0 aliphatic heterocycles. The number of carbonyl (C=O) groups is 2. The molecule has 0 aliphatic carbocycles. The number of aliphatic hydroxyl groups is 2. The van der Waals surface area contributed by atoms with E-state index in [1.165, 1.54) is 0 Å². The van der Waals surface area contributed by atoms with Gasteiger partial charge in [-0.3, -0.25) is 4.79 Å². The van der Waals surface area contributed by atoms with Gasteiger partial charge in [0.2, 0.25) is 0 Å². The first kappa shape index (κ1) is 14.0. The van der Waals surface area contributed by atoms with E-state index in [1.54, 1.807) is 0 Å². The number of hydrogen-bond donors (Lipinski definition) is 3. The number of aliphatic hydroxyl groups excluding tert-OH is 2. The smallest absolute Gasteiger partial charge is 0.323 e. The number of aldehydes is 1. The Morgan fingerprint density at radius 1 is 1.47 bits per heavy atom. The van der Waals surface area contributed by atoms with E-state index in [4.69, 9.17) is 15.9 Å². The fourth-order valence-corrected chi connectivity index (χ4v) is 1.41. The zero-order valence-corrected chi connectivity index (χ0v) is 8.68. The van der Waals surface area contributed by atoms with Gasteiger partial charge in [0.1, 0.15) is 12.3 Å². The van der Waals surface area contributed by atoms with Crippen LogP contribution in [0, 0.1) is 5.41 Å². The Balaban J connectivity index is 4.86.